The van der Waals surface area contributed by atoms with Crippen LogP contribution in [-0.4, -0.2) is 39.2 Å². The summed E-state index contributed by atoms with van der Waals surface area (Å²) >= 11 is 0. The Labute approximate surface area is 158 Å². The minimum atomic E-state index is -0.558. The summed E-state index contributed by atoms with van der Waals surface area (Å²) < 4.78 is 10.5. The smallest absolute Gasteiger partial charge is 0.322 e. The molecule has 0 bridgehead atoms. The van der Waals surface area contributed by atoms with Crippen LogP contribution in [0, 0.1) is 0 Å². The van der Waals surface area contributed by atoms with E-state index in [2.05, 4.69) is 10.6 Å². The molecule has 0 aromatic heterocycles. The number of carbonyl (C=O) groups excluding carboxylic acids is 2. The van der Waals surface area contributed by atoms with Gasteiger partial charge in [-0.2, -0.15) is 0 Å². The lowest BCUT2D eigenvalue weighted by molar-refractivity contribution is -0.121. The number of nitrogens with one attached hydrogen (secondary N) is 2. The van der Waals surface area contributed by atoms with Gasteiger partial charge in [-0.05, 0) is 29.3 Å². The number of carbonyl (C=O) groups is 2. The van der Waals surface area contributed by atoms with Gasteiger partial charge in [-0.1, -0.05) is 24.3 Å². The zero-order valence-corrected chi connectivity index (χ0v) is 15.6. The number of methoxy groups -OCH3 is 2. The highest BCUT2D eigenvalue weighted by Crippen LogP contribution is 2.32. The Kier molecular flexibility index (Phi) is 5.49. The highest BCUT2D eigenvalue weighted by Gasteiger charge is 2.37. The number of ether oxygens (including phenoxy) is 2. The molecule has 2 aromatic carbocycles. The van der Waals surface area contributed by atoms with Crippen LogP contribution in [0.25, 0.3) is 0 Å². The first-order valence-electron chi connectivity index (χ1n) is 8.66. The zero-order valence-electron chi connectivity index (χ0n) is 15.6. The fourth-order valence-electron chi connectivity index (χ4n) is 3.27. The molecule has 0 unspecified atom stereocenters. The van der Waals surface area contributed by atoms with Crippen molar-refractivity contribution in [1.29, 1.82) is 0 Å². The zero-order chi connectivity index (χ0) is 19.4. The number of para-hydroxylation sites is 1. The Morgan fingerprint density at radius 1 is 1.11 bits per heavy atom. The molecule has 0 saturated heterocycles. The molecule has 0 radical (unpaired) electrons. The third-order valence-electron chi connectivity index (χ3n) is 4.64. The van der Waals surface area contributed by atoms with E-state index in [-0.39, 0.29) is 11.9 Å². The van der Waals surface area contributed by atoms with Crippen molar-refractivity contribution in [3.63, 3.8) is 0 Å². The van der Waals surface area contributed by atoms with Crippen LogP contribution in [0.2, 0.25) is 0 Å². The van der Waals surface area contributed by atoms with Crippen LogP contribution >= 0.6 is 0 Å². The van der Waals surface area contributed by atoms with E-state index in [1.807, 2.05) is 36.4 Å². The first-order chi connectivity index (χ1) is 13.1. The summed E-state index contributed by atoms with van der Waals surface area (Å²) in [5, 5.41) is 5.53. The number of rotatable bonds is 5. The molecule has 3 rings (SSSR count). The highest BCUT2D eigenvalue weighted by molar-refractivity contribution is 6.02. The van der Waals surface area contributed by atoms with E-state index in [4.69, 9.17) is 9.47 Å². The van der Waals surface area contributed by atoms with E-state index < -0.39 is 6.04 Å². The van der Waals surface area contributed by atoms with Crippen molar-refractivity contribution < 1.29 is 19.1 Å². The van der Waals surface area contributed by atoms with Gasteiger partial charge in [0.15, 0.2) is 11.5 Å². The Balaban J connectivity index is 1.77. The second-order valence-electron chi connectivity index (χ2n) is 6.18. The van der Waals surface area contributed by atoms with Gasteiger partial charge in [0.1, 0.15) is 6.04 Å². The Bertz CT molecular complexity index is 853. The molecule has 27 heavy (non-hydrogen) atoms. The molecule has 1 aliphatic heterocycles. The lowest BCUT2D eigenvalue weighted by Crippen LogP contribution is -2.50. The summed E-state index contributed by atoms with van der Waals surface area (Å²) in [6.45, 7) is 0.304. The number of likely N-dealkylation sites (N-methyl/N-ethyl adjacent to an activating group) is 1. The maximum absolute atomic E-state index is 12.9. The Hall–Kier alpha value is -3.22. The molecule has 7 nitrogen and oxygen atoms in total. The van der Waals surface area contributed by atoms with Gasteiger partial charge < -0.3 is 20.1 Å². The number of fused-ring (bicyclic) bond motifs is 1. The molecule has 0 saturated carbocycles. The molecule has 7 heteroatoms. The minimum absolute atomic E-state index is 0.188. The number of hydrogen-bond donors (Lipinski definition) is 2. The van der Waals surface area contributed by atoms with E-state index >= 15 is 0 Å². The predicted octanol–water partition coefficient (Wildman–Crippen LogP) is 2.09. The molecule has 1 atom stereocenters. The summed E-state index contributed by atoms with van der Waals surface area (Å²) in [5.41, 5.74) is 2.60. The predicted molar refractivity (Wildman–Crippen MR) is 102 cm³/mol. The Morgan fingerprint density at radius 3 is 2.56 bits per heavy atom. The molecule has 0 fully saturated rings. The second kappa shape index (κ2) is 7.99. The molecule has 0 spiro atoms. The van der Waals surface area contributed by atoms with Crippen LogP contribution in [0.3, 0.4) is 0 Å². The lowest BCUT2D eigenvalue weighted by atomic mass is 10.1. The molecule has 1 aliphatic rings. The van der Waals surface area contributed by atoms with E-state index in [0.717, 1.165) is 16.8 Å². The number of amides is 3. The van der Waals surface area contributed by atoms with Crippen molar-refractivity contribution in [3.8, 4) is 11.5 Å². The maximum Gasteiger partial charge on any atom is 0.322 e. The molecule has 142 valence electrons. The van der Waals surface area contributed by atoms with Crippen molar-refractivity contribution >= 4 is 17.6 Å². The van der Waals surface area contributed by atoms with Gasteiger partial charge in [0.25, 0.3) is 0 Å². The summed E-state index contributed by atoms with van der Waals surface area (Å²) in [4.78, 5) is 26.7. The summed E-state index contributed by atoms with van der Waals surface area (Å²) in [5.74, 6) is 1.03. The van der Waals surface area contributed by atoms with Crippen molar-refractivity contribution in [1.82, 2.24) is 10.6 Å². The lowest BCUT2D eigenvalue weighted by Gasteiger charge is -2.24. The van der Waals surface area contributed by atoms with Gasteiger partial charge in [0.05, 0.1) is 14.2 Å². The fourth-order valence-corrected chi connectivity index (χ4v) is 3.27. The Morgan fingerprint density at radius 2 is 1.85 bits per heavy atom. The van der Waals surface area contributed by atoms with Gasteiger partial charge in [0, 0.05) is 25.7 Å². The van der Waals surface area contributed by atoms with Crippen LogP contribution in [0.1, 0.15) is 11.1 Å². The number of hydrogen-bond acceptors (Lipinski definition) is 4. The van der Waals surface area contributed by atoms with E-state index in [1.54, 1.807) is 27.3 Å². The number of anilines is 1. The molecule has 0 aliphatic carbocycles. The third kappa shape index (κ3) is 3.67. The van der Waals surface area contributed by atoms with Crippen molar-refractivity contribution in [2.24, 2.45) is 0 Å². The monoisotopic (exact) mass is 369 g/mol. The average molecular weight is 369 g/mol. The normalized spacial score (nSPS) is 15.1. The first kappa shape index (κ1) is 18.6. The number of urea groups is 1. The SMILES string of the molecule is CNC(=O)[C@H]1Cc2ccccc2N1C(=O)NCc1ccc(OC)c(OC)c1. The number of benzene rings is 2. The standard InChI is InChI=1S/C20H23N3O4/c1-21-19(24)16-11-14-6-4-5-7-15(14)23(16)20(25)22-12-13-8-9-17(26-2)18(10-13)27-3/h4-10,16H,11-12H2,1-3H3,(H,21,24)(H,22,25)/t16-/m1/s1. The highest BCUT2D eigenvalue weighted by atomic mass is 16.5. The summed E-state index contributed by atoms with van der Waals surface area (Å²) in [6, 6.07) is 12.1. The minimum Gasteiger partial charge on any atom is -0.493 e. The van der Waals surface area contributed by atoms with Crippen LogP contribution < -0.4 is 25.0 Å². The molecular weight excluding hydrogens is 346 g/mol. The molecule has 2 N–H and O–H groups in total. The molecule has 3 amide bonds. The van der Waals surface area contributed by atoms with Crippen LogP contribution in [0.15, 0.2) is 42.5 Å². The van der Waals surface area contributed by atoms with Gasteiger partial charge in [-0.3, -0.25) is 9.69 Å². The van der Waals surface area contributed by atoms with Crippen LogP contribution in [0.4, 0.5) is 10.5 Å². The van der Waals surface area contributed by atoms with Crippen molar-refractivity contribution in [2.45, 2.75) is 19.0 Å². The quantitative estimate of drug-likeness (QED) is 0.846. The van der Waals surface area contributed by atoms with E-state index in [0.29, 0.717) is 24.5 Å². The second-order valence-corrected chi connectivity index (χ2v) is 6.18. The van der Waals surface area contributed by atoms with Gasteiger partial charge in [-0.15, -0.1) is 0 Å². The van der Waals surface area contributed by atoms with E-state index in [9.17, 15) is 9.59 Å². The maximum atomic E-state index is 12.9. The fraction of sp³-hybridized carbons (Fsp3) is 0.300. The molecular formula is C20H23N3O4. The molecule has 1 heterocycles. The van der Waals surface area contributed by atoms with Crippen LogP contribution in [0.5, 0.6) is 11.5 Å². The van der Waals surface area contributed by atoms with Crippen LogP contribution in [-0.2, 0) is 17.8 Å². The number of nitrogens with zero attached hydrogens (tertiary/aromatic N) is 1. The largest absolute Gasteiger partial charge is 0.493 e. The topological polar surface area (TPSA) is 79.9 Å². The van der Waals surface area contributed by atoms with Gasteiger partial charge in [-0.25, -0.2) is 4.79 Å². The summed E-state index contributed by atoms with van der Waals surface area (Å²) in [7, 11) is 4.71. The van der Waals surface area contributed by atoms with E-state index in [1.165, 1.54) is 4.90 Å². The summed E-state index contributed by atoms with van der Waals surface area (Å²) in [6.07, 6.45) is 0.500. The van der Waals surface area contributed by atoms with Crippen molar-refractivity contribution in [3.05, 3.63) is 53.6 Å². The average Bonchev–Trinajstić information content (AvgIpc) is 3.10. The van der Waals surface area contributed by atoms with Gasteiger partial charge in [0.2, 0.25) is 5.91 Å². The first-order valence-corrected chi connectivity index (χ1v) is 8.66. The van der Waals surface area contributed by atoms with Crippen molar-refractivity contribution in [2.75, 3.05) is 26.2 Å². The van der Waals surface area contributed by atoms with Gasteiger partial charge >= 0.3 is 6.03 Å². The third-order valence-corrected chi connectivity index (χ3v) is 4.64. The molecule has 2 aromatic rings.